The lowest BCUT2D eigenvalue weighted by Gasteiger charge is -2.14. The van der Waals surface area contributed by atoms with Crippen LogP contribution in [-0.2, 0) is 0 Å². The van der Waals surface area contributed by atoms with Crippen LogP contribution in [0.4, 0.5) is 0 Å². The Morgan fingerprint density at radius 2 is 2.00 bits per heavy atom. The van der Waals surface area contributed by atoms with E-state index in [1.165, 1.54) is 18.4 Å². The summed E-state index contributed by atoms with van der Waals surface area (Å²) in [5.74, 6) is 1.49. The van der Waals surface area contributed by atoms with E-state index in [1.54, 1.807) is 0 Å². The van der Waals surface area contributed by atoms with Gasteiger partial charge < -0.3 is 4.74 Å². The average molecular weight is 225 g/mol. The van der Waals surface area contributed by atoms with Gasteiger partial charge in [0.15, 0.2) is 0 Å². The van der Waals surface area contributed by atoms with Gasteiger partial charge in [0.05, 0.1) is 6.61 Å². The molecular weight excluding hydrogens is 208 g/mol. The van der Waals surface area contributed by atoms with Crippen molar-refractivity contribution in [2.75, 3.05) is 6.61 Å². The third-order valence-electron chi connectivity index (χ3n) is 3.05. The van der Waals surface area contributed by atoms with Crippen molar-refractivity contribution in [1.82, 2.24) is 0 Å². The van der Waals surface area contributed by atoms with E-state index in [1.807, 2.05) is 19.1 Å². The first kappa shape index (κ1) is 10.8. The summed E-state index contributed by atoms with van der Waals surface area (Å²) < 4.78 is 5.42. The van der Waals surface area contributed by atoms with Crippen LogP contribution in [0.1, 0.15) is 37.7 Å². The predicted molar refractivity (Wildman–Crippen MR) is 63.8 cm³/mol. The van der Waals surface area contributed by atoms with Gasteiger partial charge in [0.25, 0.3) is 0 Å². The normalized spacial score (nSPS) is 25.5. The fourth-order valence-electron chi connectivity index (χ4n) is 2.27. The molecule has 1 aromatic carbocycles. The van der Waals surface area contributed by atoms with Crippen molar-refractivity contribution in [3.05, 3.63) is 29.8 Å². The van der Waals surface area contributed by atoms with Crippen LogP contribution in [0.15, 0.2) is 24.3 Å². The highest BCUT2D eigenvalue weighted by atomic mass is 35.5. The van der Waals surface area contributed by atoms with Crippen LogP contribution in [0.2, 0.25) is 0 Å². The molecule has 0 saturated heterocycles. The predicted octanol–water partition coefficient (Wildman–Crippen LogP) is 3.96. The van der Waals surface area contributed by atoms with Crippen LogP contribution >= 0.6 is 11.6 Å². The van der Waals surface area contributed by atoms with Crippen LogP contribution in [0, 0.1) is 0 Å². The number of hydrogen-bond donors (Lipinski definition) is 0. The van der Waals surface area contributed by atoms with Crippen molar-refractivity contribution in [2.24, 2.45) is 0 Å². The molecule has 1 nitrogen and oxygen atoms in total. The lowest BCUT2D eigenvalue weighted by molar-refractivity contribution is 0.340. The Bertz CT molecular complexity index is 307. The monoisotopic (exact) mass is 224 g/mol. The third kappa shape index (κ3) is 2.46. The molecular formula is C13H17ClO. The molecule has 0 aliphatic heterocycles. The molecule has 0 bridgehead atoms. The summed E-state index contributed by atoms with van der Waals surface area (Å²) >= 11 is 6.28. The van der Waals surface area contributed by atoms with Crippen LogP contribution in [0.3, 0.4) is 0 Å². The molecule has 82 valence electrons. The van der Waals surface area contributed by atoms with Crippen LogP contribution in [0.5, 0.6) is 5.75 Å². The van der Waals surface area contributed by atoms with Crippen LogP contribution in [0.25, 0.3) is 0 Å². The molecule has 0 N–H and O–H groups in total. The topological polar surface area (TPSA) is 9.23 Å². The molecule has 2 rings (SSSR count). The number of ether oxygens (including phenoxy) is 1. The van der Waals surface area contributed by atoms with Gasteiger partial charge in [-0.3, -0.25) is 0 Å². The molecule has 15 heavy (non-hydrogen) atoms. The van der Waals surface area contributed by atoms with E-state index in [9.17, 15) is 0 Å². The van der Waals surface area contributed by atoms with E-state index in [-0.39, 0.29) is 0 Å². The molecule has 1 aliphatic rings. The van der Waals surface area contributed by atoms with Gasteiger partial charge in [0.1, 0.15) is 5.75 Å². The van der Waals surface area contributed by atoms with Gasteiger partial charge in [-0.1, -0.05) is 18.6 Å². The smallest absolute Gasteiger partial charge is 0.119 e. The van der Waals surface area contributed by atoms with Crippen molar-refractivity contribution >= 4 is 11.6 Å². The zero-order valence-corrected chi connectivity index (χ0v) is 9.83. The zero-order valence-electron chi connectivity index (χ0n) is 9.08. The van der Waals surface area contributed by atoms with E-state index in [2.05, 4.69) is 12.1 Å². The fraction of sp³-hybridized carbons (Fsp3) is 0.538. The summed E-state index contributed by atoms with van der Waals surface area (Å²) in [6, 6.07) is 8.38. The van der Waals surface area contributed by atoms with Crippen molar-refractivity contribution < 1.29 is 4.74 Å². The van der Waals surface area contributed by atoms with Gasteiger partial charge in [0.2, 0.25) is 0 Å². The Kier molecular flexibility index (Phi) is 3.53. The molecule has 2 unspecified atom stereocenters. The molecule has 0 heterocycles. The van der Waals surface area contributed by atoms with Gasteiger partial charge in [0, 0.05) is 11.3 Å². The Morgan fingerprint density at radius 3 is 2.53 bits per heavy atom. The summed E-state index contributed by atoms with van der Waals surface area (Å²) in [6.45, 7) is 2.72. The third-order valence-corrected chi connectivity index (χ3v) is 3.57. The highest BCUT2D eigenvalue weighted by Gasteiger charge is 2.26. The summed E-state index contributed by atoms with van der Waals surface area (Å²) in [7, 11) is 0. The van der Waals surface area contributed by atoms with Gasteiger partial charge >= 0.3 is 0 Å². The summed E-state index contributed by atoms with van der Waals surface area (Å²) in [4.78, 5) is 0. The Morgan fingerprint density at radius 1 is 1.27 bits per heavy atom. The minimum atomic E-state index is 0.322. The van der Waals surface area contributed by atoms with Crippen LogP contribution < -0.4 is 4.74 Å². The SMILES string of the molecule is CCOc1ccc(C2CCCC2Cl)cc1. The summed E-state index contributed by atoms with van der Waals surface area (Å²) in [5, 5.41) is 0.322. The second-order valence-electron chi connectivity index (χ2n) is 4.06. The van der Waals surface area contributed by atoms with E-state index >= 15 is 0 Å². The number of benzene rings is 1. The second-order valence-corrected chi connectivity index (χ2v) is 4.62. The maximum absolute atomic E-state index is 6.28. The van der Waals surface area contributed by atoms with Crippen molar-refractivity contribution in [3.8, 4) is 5.75 Å². The maximum atomic E-state index is 6.28. The molecule has 0 radical (unpaired) electrons. The van der Waals surface area contributed by atoms with E-state index in [0.29, 0.717) is 11.3 Å². The molecule has 0 spiro atoms. The molecule has 1 aliphatic carbocycles. The lowest BCUT2D eigenvalue weighted by atomic mass is 9.97. The maximum Gasteiger partial charge on any atom is 0.119 e. The molecule has 2 atom stereocenters. The van der Waals surface area contributed by atoms with E-state index in [4.69, 9.17) is 16.3 Å². The number of rotatable bonds is 3. The highest BCUT2D eigenvalue weighted by molar-refractivity contribution is 6.21. The van der Waals surface area contributed by atoms with Gasteiger partial charge in [-0.2, -0.15) is 0 Å². The Hall–Kier alpha value is -0.690. The standard InChI is InChI=1S/C13H17ClO/c1-2-15-11-8-6-10(7-9-11)12-4-3-5-13(12)14/h6-9,12-13H,2-5H2,1H3. The van der Waals surface area contributed by atoms with E-state index in [0.717, 1.165) is 18.8 Å². The molecule has 0 aromatic heterocycles. The van der Waals surface area contributed by atoms with Crippen LogP contribution in [-0.4, -0.2) is 12.0 Å². The summed E-state index contributed by atoms with van der Waals surface area (Å²) in [6.07, 6.45) is 3.63. The first-order valence-corrected chi connectivity index (χ1v) is 6.11. The Labute approximate surface area is 96.4 Å². The van der Waals surface area contributed by atoms with E-state index < -0.39 is 0 Å². The highest BCUT2D eigenvalue weighted by Crippen LogP contribution is 2.38. The van der Waals surface area contributed by atoms with Crippen molar-refractivity contribution in [1.29, 1.82) is 0 Å². The van der Waals surface area contributed by atoms with Gasteiger partial charge in [-0.05, 0) is 37.5 Å². The average Bonchev–Trinajstić information content (AvgIpc) is 2.66. The molecule has 1 fully saturated rings. The summed E-state index contributed by atoms with van der Waals surface area (Å²) in [5.41, 5.74) is 1.36. The first-order chi connectivity index (χ1) is 7.31. The molecule has 0 amide bonds. The largest absolute Gasteiger partial charge is 0.494 e. The molecule has 1 aromatic rings. The molecule has 1 saturated carbocycles. The van der Waals surface area contributed by atoms with Crippen molar-refractivity contribution in [3.63, 3.8) is 0 Å². The number of alkyl halides is 1. The number of halogens is 1. The quantitative estimate of drug-likeness (QED) is 0.707. The number of hydrogen-bond acceptors (Lipinski definition) is 1. The van der Waals surface area contributed by atoms with Gasteiger partial charge in [-0.25, -0.2) is 0 Å². The minimum Gasteiger partial charge on any atom is -0.494 e. The van der Waals surface area contributed by atoms with Crippen molar-refractivity contribution in [2.45, 2.75) is 37.5 Å². The molecule has 2 heteroatoms. The Balaban J connectivity index is 2.09. The minimum absolute atomic E-state index is 0.322. The van der Waals surface area contributed by atoms with Gasteiger partial charge in [-0.15, -0.1) is 11.6 Å². The zero-order chi connectivity index (χ0) is 10.7. The first-order valence-electron chi connectivity index (χ1n) is 5.68. The second kappa shape index (κ2) is 4.89. The lowest BCUT2D eigenvalue weighted by Crippen LogP contribution is -2.04. The fourth-order valence-corrected chi connectivity index (χ4v) is 2.69.